The Balaban J connectivity index is 2.60. The number of benzene rings is 1. The first-order valence-electron chi connectivity index (χ1n) is 6.35. The Hall–Kier alpha value is -1.82. The van der Waals surface area contributed by atoms with E-state index in [4.69, 9.17) is 0 Å². The monoisotopic (exact) mass is 296 g/mol. The van der Waals surface area contributed by atoms with E-state index in [0.29, 0.717) is 18.7 Å². The van der Waals surface area contributed by atoms with Gasteiger partial charge in [0.05, 0.1) is 11.9 Å². The first-order valence-corrected chi connectivity index (χ1v) is 8.20. The third-order valence-electron chi connectivity index (χ3n) is 2.65. The van der Waals surface area contributed by atoms with Gasteiger partial charge < -0.3 is 5.32 Å². The predicted molar refractivity (Wildman–Crippen MR) is 81.1 cm³/mol. The number of nitrogens with zero attached hydrogens (tertiary/aromatic N) is 1. The number of sulfonamides is 1. The summed E-state index contributed by atoms with van der Waals surface area (Å²) < 4.78 is 24.9. The van der Waals surface area contributed by atoms with Gasteiger partial charge in [0.15, 0.2) is 0 Å². The van der Waals surface area contributed by atoms with Crippen molar-refractivity contribution in [1.82, 2.24) is 5.32 Å². The van der Waals surface area contributed by atoms with E-state index in [1.807, 2.05) is 6.07 Å². The van der Waals surface area contributed by atoms with Crippen LogP contribution in [0.25, 0.3) is 0 Å². The van der Waals surface area contributed by atoms with Gasteiger partial charge in [0, 0.05) is 19.5 Å². The van der Waals surface area contributed by atoms with Crippen LogP contribution in [0.15, 0.2) is 43.0 Å². The molecule has 5 nitrogen and oxygen atoms in total. The summed E-state index contributed by atoms with van der Waals surface area (Å²) in [6.45, 7) is 4.22. The lowest BCUT2D eigenvalue weighted by atomic mass is 10.2. The Morgan fingerprint density at radius 3 is 2.55 bits per heavy atom. The Labute approximate surface area is 120 Å². The van der Waals surface area contributed by atoms with Crippen molar-refractivity contribution in [2.45, 2.75) is 12.8 Å². The van der Waals surface area contributed by atoms with Crippen molar-refractivity contribution in [2.24, 2.45) is 0 Å². The zero-order chi connectivity index (χ0) is 15.0. The van der Waals surface area contributed by atoms with Crippen LogP contribution in [-0.2, 0) is 14.8 Å². The van der Waals surface area contributed by atoms with Crippen molar-refractivity contribution in [3.63, 3.8) is 0 Å². The lowest BCUT2D eigenvalue weighted by Crippen LogP contribution is -2.32. The molecule has 1 aromatic rings. The topological polar surface area (TPSA) is 66.5 Å². The molecule has 0 atom stereocenters. The van der Waals surface area contributed by atoms with Gasteiger partial charge in [-0.15, -0.1) is 6.58 Å². The fourth-order valence-electron chi connectivity index (χ4n) is 1.74. The molecule has 0 spiro atoms. The number of nitrogens with one attached hydrogen (secondary N) is 1. The van der Waals surface area contributed by atoms with E-state index >= 15 is 0 Å². The molecule has 20 heavy (non-hydrogen) atoms. The van der Waals surface area contributed by atoms with Crippen LogP contribution in [0, 0.1) is 0 Å². The Kier molecular flexibility index (Phi) is 6.24. The molecule has 0 heterocycles. The first kappa shape index (κ1) is 16.2. The maximum absolute atomic E-state index is 11.8. The minimum Gasteiger partial charge on any atom is -0.353 e. The number of carbonyl (C=O) groups is 1. The van der Waals surface area contributed by atoms with Gasteiger partial charge in [-0.1, -0.05) is 24.3 Å². The number of para-hydroxylation sites is 1. The standard InChI is InChI=1S/C14H20N2O3S/c1-3-11-15-14(17)10-7-12-16(20(2,18)19)13-8-5-4-6-9-13/h3-6,8-9H,1,7,10-12H2,2H3,(H,15,17). The van der Waals surface area contributed by atoms with E-state index < -0.39 is 10.0 Å². The van der Waals surface area contributed by atoms with Gasteiger partial charge in [-0.05, 0) is 18.6 Å². The highest BCUT2D eigenvalue weighted by molar-refractivity contribution is 7.92. The molecule has 0 radical (unpaired) electrons. The highest BCUT2D eigenvalue weighted by Crippen LogP contribution is 2.17. The van der Waals surface area contributed by atoms with Crippen molar-refractivity contribution >= 4 is 21.6 Å². The third-order valence-corrected chi connectivity index (χ3v) is 3.85. The summed E-state index contributed by atoms with van der Waals surface area (Å²) in [6.07, 6.45) is 3.51. The number of hydrogen-bond donors (Lipinski definition) is 1. The Morgan fingerprint density at radius 1 is 1.35 bits per heavy atom. The highest BCUT2D eigenvalue weighted by Gasteiger charge is 2.16. The second-order valence-electron chi connectivity index (χ2n) is 4.37. The van der Waals surface area contributed by atoms with E-state index in [9.17, 15) is 13.2 Å². The number of anilines is 1. The Bertz CT molecular complexity index is 541. The fraction of sp³-hybridized carbons (Fsp3) is 0.357. The average molecular weight is 296 g/mol. The van der Waals surface area contributed by atoms with Gasteiger partial charge >= 0.3 is 0 Å². The van der Waals surface area contributed by atoms with Crippen molar-refractivity contribution in [3.05, 3.63) is 43.0 Å². The van der Waals surface area contributed by atoms with Crippen LogP contribution in [0.1, 0.15) is 12.8 Å². The molecule has 0 unspecified atom stereocenters. The van der Waals surface area contributed by atoms with Gasteiger partial charge in [0.1, 0.15) is 0 Å². The van der Waals surface area contributed by atoms with Gasteiger partial charge in [0.25, 0.3) is 0 Å². The molecule has 0 saturated carbocycles. The van der Waals surface area contributed by atoms with E-state index in [1.54, 1.807) is 30.3 Å². The van der Waals surface area contributed by atoms with Crippen LogP contribution < -0.4 is 9.62 Å². The van der Waals surface area contributed by atoms with Gasteiger partial charge in [-0.2, -0.15) is 0 Å². The molecule has 0 aliphatic carbocycles. The minimum absolute atomic E-state index is 0.105. The lowest BCUT2D eigenvalue weighted by molar-refractivity contribution is -0.120. The molecule has 0 aliphatic rings. The second-order valence-corrected chi connectivity index (χ2v) is 6.27. The molecule has 0 aliphatic heterocycles. The summed E-state index contributed by atoms with van der Waals surface area (Å²) in [4.78, 5) is 11.4. The number of amides is 1. The van der Waals surface area contributed by atoms with Crippen LogP contribution in [0.3, 0.4) is 0 Å². The summed E-state index contributed by atoms with van der Waals surface area (Å²) >= 11 is 0. The van der Waals surface area contributed by atoms with Gasteiger partial charge in [-0.25, -0.2) is 8.42 Å². The number of rotatable bonds is 8. The fourth-order valence-corrected chi connectivity index (χ4v) is 2.70. The molecule has 0 fully saturated rings. The molecule has 0 aromatic heterocycles. The summed E-state index contributed by atoms with van der Waals surface area (Å²) in [6, 6.07) is 8.86. The molecule has 1 amide bonds. The molecular formula is C14H20N2O3S. The molecule has 1 N–H and O–H groups in total. The van der Waals surface area contributed by atoms with Crippen LogP contribution >= 0.6 is 0 Å². The van der Waals surface area contributed by atoms with Crippen LogP contribution in [0.2, 0.25) is 0 Å². The van der Waals surface area contributed by atoms with E-state index in [2.05, 4.69) is 11.9 Å². The highest BCUT2D eigenvalue weighted by atomic mass is 32.2. The third kappa shape index (κ3) is 5.44. The normalized spacial score (nSPS) is 10.8. The zero-order valence-corrected chi connectivity index (χ0v) is 12.4. The van der Waals surface area contributed by atoms with Crippen molar-refractivity contribution < 1.29 is 13.2 Å². The average Bonchev–Trinajstić information content (AvgIpc) is 2.41. The SMILES string of the molecule is C=CCNC(=O)CCCN(c1ccccc1)S(C)(=O)=O. The van der Waals surface area contributed by atoms with Crippen LogP contribution in [-0.4, -0.2) is 33.7 Å². The van der Waals surface area contributed by atoms with E-state index in [0.717, 1.165) is 6.26 Å². The largest absolute Gasteiger partial charge is 0.353 e. The van der Waals surface area contributed by atoms with E-state index in [1.165, 1.54) is 4.31 Å². The molecule has 6 heteroatoms. The second kappa shape index (κ2) is 7.69. The molecular weight excluding hydrogens is 276 g/mol. The number of hydrogen-bond acceptors (Lipinski definition) is 3. The van der Waals surface area contributed by atoms with Gasteiger partial charge in [-0.3, -0.25) is 9.10 Å². The lowest BCUT2D eigenvalue weighted by Gasteiger charge is -2.22. The number of carbonyl (C=O) groups excluding carboxylic acids is 1. The molecule has 1 rings (SSSR count). The summed E-state index contributed by atoms with van der Waals surface area (Å²) in [7, 11) is -3.35. The smallest absolute Gasteiger partial charge is 0.232 e. The molecule has 0 bridgehead atoms. The van der Waals surface area contributed by atoms with E-state index in [-0.39, 0.29) is 18.9 Å². The van der Waals surface area contributed by atoms with Crippen LogP contribution in [0.4, 0.5) is 5.69 Å². The van der Waals surface area contributed by atoms with Crippen LogP contribution in [0.5, 0.6) is 0 Å². The minimum atomic E-state index is -3.35. The summed E-state index contributed by atoms with van der Waals surface area (Å²) in [5, 5.41) is 2.66. The summed E-state index contributed by atoms with van der Waals surface area (Å²) in [5.41, 5.74) is 0.612. The molecule has 0 saturated heterocycles. The Morgan fingerprint density at radius 2 is 2.00 bits per heavy atom. The zero-order valence-electron chi connectivity index (χ0n) is 11.6. The molecule has 1 aromatic carbocycles. The maximum atomic E-state index is 11.8. The van der Waals surface area contributed by atoms with Crippen molar-refractivity contribution in [2.75, 3.05) is 23.7 Å². The molecule has 110 valence electrons. The van der Waals surface area contributed by atoms with Gasteiger partial charge in [0.2, 0.25) is 15.9 Å². The predicted octanol–water partition coefficient (Wildman–Crippen LogP) is 1.53. The quantitative estimate of drug-likeness (QED) is 0.740. The van der Waals surface area contributed by atoms with Crippen molar-refractivity contribution in [3.8, 4) is 0 Å². The maximum Gasteiger partial charge on any atom is 0.232 e. The first-order chi connectivity index (χ1) is 9.45. The van der Waals surface area contributed by atoms with Crippen molar-refractivity contribution in [1.29, 1.82) is 0 Å². The summed E-state index contributed by atoms with van der Waals surface area (Å²) in [5.74, 6) is -0.105.